The van der Waals surface area contributed by atoms with Crippen molar-refractivity contribution in [1.82, 2.24) is 4.72 Å². The largest absolute Gasteiger partial charge is 0.320 e. The highest BCUT2D eigenvalue weighted by Gasteiger charge is 2.18. The number of hydrogen-bond donors (Lipinski definition) is 2. The van der Waals surface area contributed by atoms with Gasteiger partial charge in [0, 0.05) is 22.4 Å². The van der Waals surface area contributed by atoms with E-state index < -0.39 is 15.8 Å². The third kappa shape index (κ3) is 4.12. The Morgan fingerprint density at radius 2 is 2.10 bits per heavy atom. The molecule has 1 heterocycles. The van der Waals surface area contributed by atoms with Crippen molar-refractivity contribution in [2.45, 2.75) is 11.4 Å². The molecule has 3 N–H and O–H groups in total. The molecule has 0 bridgehead atoms. The number of sulfonamides is 1. The van der Waals surface area contributed by atoms with Crippen LogP contribution in [0.5, 0.6) is 0 Å². The summed E-state index contributed by atoms with van der Waals surface area (Å²) in [6.45, 7) is 0.358. The van der Waals surface area contributed by atoms with Crippen molar-refractivity contribution in [3.05, 3.63) is 52.0 Å². The van der Waals surface area contributed by atoms with Gasteiger partial charge in [0.15, 0.2) is 0 Å². The van der Waals surface area contributed by atoms with E-state index in [0.717, 1.165) is 16.5 Å². The lowest BCUT2D eigenvalue weighted by atomic mass is 10.3. The molecule has 0 aliphatic heterocycles. The standard InChI is InChI=1S/C14H13FN2O2S2/c15-13-5-1-2-6-14(13)21(18,19)17-9-12-8-11(10-20-12)4-3-7-16/h1-2,5-6,8,10,17H,7,9,16H2. The Morgan fingerprint density at radius 1 is 1.33 bits per heavy atom. The van der Waals surface area contributed by atoms with Crippen LogP contribution in [0.25, 0.3) is 0 Å². The van der Waals surface area contributed by atoms with Crippen LogP contribution in [0.4, 0.5) is 4.39 Å². The zero-order chi connectivity index (χ0) is 15.3. The highest BCUT2D eigenvalue weighted by Crippen LogP contribution is 2.17. The lowest BCUT2D eigenvalue weighted by Crippen LogP contribution is -2.23. The maximum atomic E-state index is 13.5. The van der Waals surface area contributed by atoms with E-state index in [4.69, 9.17) is 5.73 Å². The van der Waals surface area contributed by atoms with Crippen molar-refractivity contribution < 1.29 is 12.8 Å². The van der Waals surface area contributed by atoms with E-state index in [1.807, 2.05) is 5.38 Å². The zero-order valence-electron chi connectivity index (χ0n) is 11.0. The Balaban J connectivity index is 2.09. The van der Waals surface area contributed by atoms with Gasteiger partial charge in [0.25, 0.3) is 0 Å². The van der Waals surface area contributed by atoms with Gasteiger partial charge in [0.05, 0.1) is 6.54 Å². The van der Waals surface area contributed by atoms with Gasteiger partial charge in [-0.05, 0) is 18.2 Å². The van der Waals surface area contributed by atoms with Gasteiger partial charge in [-0.3, -0.25) is 0 Å². The Bertz CT molecular complexity index is 789. The first-order valence-electron chi connectivity index (χ1n) is 6.03. The SMILES string of the molecule is NCC#Cc1csc(CNS(=O)(=O)c2ccccc2F)c1. The molecule has 0 fully saturated rings. The van der Waals surface area contributed by atoms with Crippen LogP contribution in [-0.4, -0.2) is 15.0 Å². The topological polar surface area (TPSA) is 72.2 Å². The van der Waals surface area contributed by atoms with Crippen LogP contribution in [-0.2, 0) is 16.6 Å². The van der Waals surface area contributed by atoms with Gasteiger partial charge in [-0.2, -0.15) is 0 Å². The second kappa shape index (κ2) is 6.83. The highest BCUT2D eigenvalue weighted by molar-refractivity contribution is 7.89. The smallest absolute Gasteiger partial charge is 0.243 e. The first kappa shape index (κ1) is 15.7. The summed E-state index contributed by atoms with van der Waals surface area (Å²) in [5.41, 5.74) is 6.06. The summed E-state index contributed by atoms with van der Waals surface area (Å²) in [4.78, 5) is 0.431. The summed E-state index contributed by atoms with van der Waals surface area (Å²) in [6, 6.07) is 7.03. The van der Waals surface area contributed by atoms with Gasteiger partial charge in [-0.25, -0.2) is 17.5 Å². The van der Waals surface area contributed by atoms with Crippen LogP contribution in [0.2, 0.25) is 0 Å². The average molecular weight is 324 g/mol. The minimum absolute atomic E-state index is 0.0889. The number of rotatable bonds is 4. The fraction of sp³-hybridized carbons (Fsp3) is 0.143. The monoisotopic (exact) mass is 324 g/mol. The molecule has 0 saturated carbocycles. The lowest BCUT2D eigenvalue weighted by Gasteiger charge is -2.06. The van der Waals surface area contributed by atoms with Gasteiger partial charge in [0.2, 0.25) is 10.0 Å². The van der Waals surface area contributed by atoms with Crippen LogP contribution in [0.15, 0.2) is 40.6 Å². The summed E-state index contributed by atoms with van der Waals surface area (Å²) in [7, 11) is -3.87. The Labute approximate surface area is 126 Å². The molecule has 1 aromatic carbocycles. The molecule has 0 saturated heterocycles. The minimum Gasteiger partial charge on any atom is -0.320 e. The van der Waals surface area contributed by atoms with Crippen LogP contribution in [0.3, 0.4) is 0 Å². The molecule has 1 aromatic heterocycles. The van der Waals surface area contributed by atoms with Crippen molar-refractivity contribution in [2.75, 3.05) is 6.54 Å². The molecule has 0 aliphatic carbocycles. The fourth-order valence-electron chi connectivity index (χ4n) is 1.60. The third-order valence-corrected chi connectivity index (χ3v) is 4.92. The molecule has 0 atom stereocenters. The summed E-state index contributed by atoms with van der Waals surface area (Å²) in [5.74, 6) is 4.81. The zero-order valence-corrected chi connectivity index (χ0v) is 12.6. The number of benzene rings is 1. The van der Waals surface area contributed by atoms with Crippen molar-refractivity contribution in [1.29, 1.82) is 0 Å². The van der Waals surface area contributed by atoms with E-state index in [-0.39, 0.29) is 18.0 Å². The van der Waals surface area contributed by atoms with Gasteiger partial charge < -0.3 is 5.73 Å². The quantitative estimate of drug-likeness (QED) is 0.841. The summed E-state index contributed by atoms with van der Waals surface area (Å²) in [6.07, 6.45) is 0. The molecule has 7 heteroatoms. The number of halogens is 1. The van der Waals surface area contributed by atoms with Gasteiger partial charge >= 0.3 is 0 Å². The number of thiophene rings is 1. The van der Waals surface area contributed by atoms with E-state index in [0.29, 0.717) is 0 Å². The minimum atomic E-state index is -3.87. The van der Waals surface area contributed by atoms with Crippen molar-refractivity contribution in [2.24, 2.45) is 5.73 Å². The highest BCUT2D eigenvalue weighted by atomic mass is 32.2. The average Bonchev–Trinajstić information content (AvgIpc) is 2.91. The van der Waals surface area contributed by atoms with Crippen molar-refractivity contribution >= 4 is 21.4 Å². The van der Waals surface area contributed by atoms with Crippen LogP contribution < -0.4 is 10.5 Å². The van der Waals surface area contributed by atoms with Crippen molar-refractivity contribution in [3.8, 4) is 11.8 Å². The molecule has 110 valence electrons. The van der Waals surface area contributed by atoms with E-state index in [1.54, 1.807) is 6.07 Å². The van der Waals surface area contributed by atoms with E-state index in [2.05, 4.69) is 16.6 Å². The second-order valence-corrected chi connectivity index (χ2v) is 6.79. The first-order chi connectivity index (χ1) is 10.0. The van der Waals surface area contributed by atoms with Crippen molar-refractivity contribution in [3.63, 3.8) is 0 Å². The van der Waals surface area contributed by atoms with E-state index >= 15 is 0 Å². The molecular weight excluding hydrogens is 311 g/mol. The lowest BCUT2D eigenvalue weighted by molar-refractivity contribution is 0.557. The summed E-state index contributed by atoms with van der Waals surface area (Å²) >= 11 is 1.38. The summed E-state index contributed by atoms with van der Waals surface area (Å²) < 4.78 is 39.9. The Kier molecular flexibility index (Phi) is 5.09. The molecule has 21 heavy (non-hydrogen) atoms. The molecule has 0 amide bonds. The number of nitrogens with one attached hydrogen (secondary N) is 1. The molecule has 0 spiro atoms. The predicted molar refractivity (Wildman–Crippen MR) is 80.7 cm³/mol. The maximum Gasteiger partial charge on any atom is 0.243 e. The van der Waals surface area contributed by atoms with Gasteiger partial charge in [0.1, 0.15) is 10.7 Å². The van der Waals surface area contributed by atoms with Gasteiger partial charge in [-0.15, -0.1) is 11.3 Å². The maximum absolute atomic E-state index is 13.5. The predicted octanol–water partition coefficient (Wildman–Crippen LogP) is 1.68. The van der Waals surface area contributed by atoms with Crippen LogP contribution in [0.1, 0.15) is 10.4 Å². The first-order valence-corrected chi connectivity index (χ1v) is 8.40. The Morgan fingerprint density at radius 3 is 2.81 bits per heavy atom. The van der Waals surface area contributed by atoms with Crippen LogP contribution in [0, 0.1) is 17.7 Å². The molecular formula is C14H13FN2O2S2. The molecule has 0 unspecified atom stereocenters. The number of nitrogens with two attached hydrogens (primary N) is 1. The fourth-order valence-corrected chi connectivity index (χ4v) is 3.53. The molecule has 0 aliphatic rings. The number of hydrogen-bond acceptors (Lipinski definition) is 4. The third-order valence-electron chi connectivity index (χ3n) is 2.55. The normalized spacial score (nSPS) is 11.0. The Hall–Kier alpha value is -1.72. The second-order valence-electron chi connectivity index (χ2n) is 4.06. The molecule has 0 radical (unpaired) electrons. The molecule has 4 nitrogen and oxygen atoms in total. The molecule has 2 aromatic rings. The van der Waals surface area contributed by atoms with E-state index in [1.165, 1.54) is 29.5 Å². The molecule has 2 rings (SSSR count). The van der Waals surface area contributed by atoms with Crippen LogP contribution >= 0.6 is 11.3 Å². The van der Waals surface area contributed by atoms with E-state index in [9.17, 15) is 12.8 Å². The van der Waals surface area contributed by atoms with Gasteiger partial charge in [-0.1, -0.05) is 24.0 Å². The summed E-state index contributed by atoms with van der Waals surface area (Å²) in [5, 5.41) is 1.81.